The molecule has 9 nitrogen and oxygen atoms in total. The lowest BCUT2D eigenvalue weighted by atomic mass is 10.1. The molecular weight excluding hydrogens is 377 g/mol. The molecule has 2 aromatic heterocycles. The van der Waals surface area contributed by atoms with E-state index in [9.17, 15) is 14.0 Å². The number of nitrogens with two attached hydrogens (primary N) is 1. The zero-order valence-corrected chi connectivity index (χ0v) is 15.2. The van der Waals surface area contributed by atoms with Crippen molar-refractivity contribution < 1.29 is 23.8 Å². The normalized spacial score (nSPS) is 19.6. The number of hydrogen-bond acceptors (Lipinski definition) is 7. The Morgan fingerprint density at radius 2 is 2.26 bits per heavy atom. The van der Waals surface area contributed by atoms with Gasteiger partial charge in [0, 0.05) is 19.0 Å². The molecule has 0 radical (unpaired) electrons. The third kappa shape index (κ3) is 4.25. The molecule has 0 aromatic carbocycles. The highest BCUT2D eigenvalue weighted by molar-refractivity contribution is 7.10. The van der Waals surface area contributed by atoms with Crippen LogP contribution in [0.1, 0.15) is 22.5 Å². The number of hydrogen-bond donors (Lipinski definition) is 3. The maximum Gasteiger partial charge on any atom is 0.407 e. The van der Waals surface area contributed by atoms with Gasteiger partial charge in [-0.15, -0.1) is 0 Å². The maximum absolute atomic E-state index is 14.1. The molecule has 0 spiro atoms. The first-order valence-corrected chi connectivity index (χ1v) is 8.90. The number of pyridine rings is 1. The number of halogens is 1. The molecule has 3 heterocycles. The Balaban J connectivity index is 1.59. The third-order valence-corrected chi connectivity index (χ3v) is 4.90. The van der Waals surface area contributed by atoms with Gasteiger partial charge in [-0.1, -0.05) is 0 Å². The fourth-order valence-corrected chi connectivity index (χ4v) is 3.38. The summed E-state index contributed by atoms with van der Waals surface area (Å²) < 4.78 is 23.6. The number of aromatic nitrogens is 2. The molecule has 27 heavy (non-hydrogen) atoms. The number of piperidine rings is 1. The lowest BCUT2D eigenvalue weighted by molar-refractivity contribution is 0.0226. The van der Waals surface area contributed by atoms with Crippen LogP contribution in [0.2, 0.25) is 0 Å². The Labute approximate surface area is 158 Å². The molecule has 3 rings (SSSR count). The van der Waals surface area contributed by atoms with Crippen LogP contribution < -0.4 is 15.8 Å². The molecule has 1 fully saturated rings. The molecule has 1 aliphatic heterocycles. The monoisotopic (exact) mass is 395 g/mol. The third-order valence-electron chi connectivity index (χ3n) is 4.13. The van der Waals surface area contributed by atoms with Gasteiger partial charge in [-0.25, -0.2) is 14.2 Å². The number of carbonyl (C=O) groups excluding carboxylic acids is 1. The molecule has 11 heteroatoms. The van der Waals surface area contributed by atoms with Gasteiger partial charge in [0.25, 0.3) is 5.91 Å². The molecular formula is C16H18FN5O4S. The summed E-state index contributed by atoms with van der Waals surface area (Å²) in [6, 6.07) is 3.08. The van der Waals surface area contributed by atoms with E-state index in [0.29, 0.717) is 21.9 Å². The van der Waals surface area contributed by atoms with Crippen molar-refractivity contribution in [2.45, 2.75) is 25.6 Å². The largest absolute Gasteiger partial charge is 0.471 e. The topological polar surface area (TPSA) is 131 Å². The minimum absolute atomic E-state index is 0.192. The predicted octanol–water partition coefficient (Wildman–Crippen LogP) is 2.15. The number of nitrogens with zero attached hydrogens (tertiary/aromatic N) is 3. The molecule has 2 amide bonds. The fraction of sp³-hybridized carbons (Fsp3) is 0.375. The van der Waals surface area contributed by atoms with Crippen LogP contribution in [0.4, 0.5) is 19.9 Å². The second kappa shape index (κ2) is 7.74. The van der Waals surface area contributed by atoms with Gasteiger partial charge in [0.1, 0.15) is 11.1 Å². The first kappa shape index (κ1) is 18.8. The van der Waals surface area contributed by atoms with Crippen molar-refractivity contribution in [3.8, 4) is 5.88 Å². The van der Waals surface area contributed by atoms with E-state index < -0.39 is 18.4 Å². The minimum atomic E-state index is -1.44. The zero-order chi connectivity index (χ0) is 19.6. The number of aryl methyl sites for hydroxylation is 1. The average Bonchev–Trinajstić information content (AvgIpc) is 2.96. The Morgan fingerprint density at radius 3 is 2.81 bits per heavy atom. The molecule has 2 atom stereocenters. The molecule has 1 aliphatic rings. The molecule has 0 bridgehead atoms. The Morgan fingerprint density at radius 1 is 1.48 bits per heavy atom. The number of anilines is 2. The summed E-state index contributed by atoms with van der Waals surface area (Å²) in [4.78, 5) is 28.2. The number of likely N-dealkylation sites (tertiary alicyclic amines) is 1. The van der Waals surface area contributed by atoms with Crippen LogP contribution >= 0.6 is 11.5 Å². The number of carbonyl (C=O) groups is 2. The lowest BCUT2D eigenvalue weighted by Crippen LogP contribution is -2.48. The summed E-state index contributed by atoms with van der Waals surface area (Å²) in [6.45, 7) is 1.66. The van der Waals surface area contributed by atoms with E-state index in [-0.39, 0.29) is 31.3 Å². The van der Waals surface area contributed by atoms with Crippen LogP contribution in [0.3, 0.4) is 0 Å². The number of nitrogens with one attached hydrogen (secondary N) is 1. The minimum Gasteiger partial charge on any atom is -0.471 e. The number of amides is 2. The number of ether oxygens (including phenoxy) is 1. The summed E-state index contributed by atoms with van der Waals surface area (Å²) in [7, 11) is 0. The highest BCUT2D eigenvalue weighted by Crippen LogP contribution is 2.23. The summed E-state index contributed by atoms with van der Waals surface area (Å²) >= 11 is 1.05. The summed E-state index contributed by atoms with van der Waals surface area (Å²) in [5, 5.41) is 11.9. The van der Waals surface area contributed by atoms with Gasteiger partial charge in [-0.05, 0) is 24.5 Å². The van der Waals surface area contributed by atoms with Crippen molar-refractivity contribution in [1.82, 2.24) is 14.3 Å². The van der Waals surface area contributed by atoms with Gasteiger partial charge in [-0.3, -0.25) is 4.79 Å². The van der Waals surface area contributed by atoms with Gasteiger partial charge in [0.2, 0.25) is 5.88 Å². The summed E-state index contributed by atoms with van der Waals surface area (Å²) in [5.74, 6) is -0.198. The summed E-state index contributed by atoms with van der Waals surface area (Å²) in [5.41, 5.74) is 7.05. The smallest absolute Gasteiger partial charge is 0.407 e. The lowest BCUT2D eigenvalue weighted by Gasteiger charge is -2.32. The van der Waals surface area contributed by atoms with E-state index in [1.807, 2.05) is 0 Å². The molecule has 0 unspecified atom stereocenters. The standard InChI is InChI=1S/C16H18FN5O4S/c1-8-13(14(18)27-21-8)15(23)20-9-2-3-12(19-6-9)26-11-4-5-22(16(24)25)7-10(11)17/h2-3,6,10-11H,4-5,7,18H2,1H3,(H,20,23)(H,24,25)/t10-,11+/m0/s1. The van der Waals surface area contributed by atoms with Crippen LogP contribution in [-0.2, 0) is 0 Å². The van der Waals surface area contributed by atoms with E-state index in [2.05, 4.69) is 14.7 Å². The zero-order valence-electron chi connectivity index (χ0n) is 14.4. The molecule has 144 valence electrons. The van der Waals surface area contributed by atoms with Gasteiger partial charge in [0.05, 0.1) is 29.7 Å². The molecule has 1 saturated heterocycles. The van der Waals surface area contributed by atoms with E-state index in [1.165, 1.54) is 12.3 Å². The first-order valence-electron chi connectivity index (χ1n) is 8.13. The Hall–Kier alpha value is -2.95. The van der Waals surface area contributed by atoms with Gasteiger partial charge in [-0.2, -0.15) is 4.37 Å². The van der Waals surface area contributed by atoms with Crippen molar-refractivity contribution >= 4 is 34.2 Å². The average molecular weight is 395 g/mol. The number of alkyl halides is 1. The second-order valence-corrected chi connectivity index (χ2v) is 6.84. The Kier molecular flexibility index (Phi) is 5.40. The highest BCUT2D eigenvalue weighted by atomic mass is 32.1. The van der Waals surface area contributed by atoms with Gasteiger partial charge < -0.3 is 25.8 Å². The van der Waals surface area contributed by atoms with E-state index in [4.69, 9.17) is 15.6 Å². The number of carboxylic acid groups (broad SMARTS) is 1. The van der Waals surface area contributed by atoms with Crippen molar-refractivity contribution in [1.29, 1.82) is 0 Å². The predicted molar refractivity (Wildman–Crippen MR) is 97.0 cm³/mol. The second-order valence-electron chi connectivity index (χ2n) is 6.04. The highest BCUT2D eigenvalue weighted by Gasteiger charge is 2.33. The molecule has 2 aromatic rings. The van der Waals surface area contributed by atoms with Gasteiger partial charge in [0.15, 0.2) is 6.17 Å². The van der Waals surface area contributed by atoms with Crippen molar-refractivity contribution in [2.24, 2.45) is 0 Å². The van der Waals surface area contributed by atoms with Crippen LogP contribution in [0.25, 0.3) is 0 Å². The van der Waals surface area contributed by atoms with Gasteiger partial charge >= 0.3 is 6.09 Å². The van der Waals surface area contributed by atoms with E-state index in [1.54, 1.807) is 13.0 Å². The number of rotatable bonds is 4. The van der Waals surface area contributed by atoms with Crippen LogP contribution in [-0.4, -0.2) is 56.7 Å². The molecule has 4 N–H and O–H groups in total. The van der Waals surface area contributed by atoms with Crippen molar-refractivity contribution in [3.63, 3.8) is 0 Å². The van der Waals surface area contributed by atoms with E-state index >= 15 is 0 Å². The Bertz CT molecular complexity index is 824. The first-order chi connectivity index (χ1) is 12.8. The maximum atomic E-state index is 14.1. The quantitative estimate of drug-likeness (QED) is 0.723. The summed E-state index contributed by atoms with van der Waals surface area (Å²) in [6.07, 6.45) is -1.73. The fourth-order valence-electron chi connectivity index (χ4n) is 2.73. The van der Waals surface area contributed by atoms with Crippen LogP contribution in [0, 0.1) is 6.92 Å². The van der Waals surface area contributed by atoms with Crippen molar-refractivity contribution in [2.75, 3.05) is 24.1 Å². The molecule has 0 aliphatic carbocycles. The SMILES string of the molecule is Cc1nsc(N)c1C(=O)Nc1ccc(O[C@@H]2CCN(C(=O)O)C[C@@H]2F)nc1. The van der Waals surface area contributed by atoms with E-state index in [0.717, 1.165) is 16.4 Å². The molecule has 0 saturated carbocycles. The van der Waals surface area contributed by atoms with Crippen LogP contribution in [0.5, 0.6) is 5.88 Å². The van der Waals surface area contributed by atoms with Crippen LogP contribution in [0.15, 0.2) is 18.3 Å². The number of nitrogen functional groups attached to an aromatic ring is 1. The van der Waals surface area contributed by atoms with Crippen molar-refractivity contribution in [3.05, 3.63) is 29.6 Å².